The molecule has 3 aliphatic rings. The van der Waals surface area contributed by atoms with Crippen molar-refractivity contribution >= 4 is 22.7 Å². The van der Waals surface area contributed by atoms with E-state index < -0.39 is 6.09 Å². The van der Waals surface area contributed by atoms with E-state index in [1.165, 1.54) is 6.42 Å². The molecule has 1 aliphatic heterocycles. The smallest absolute Gasteiger partial charge is 0.411 e. The topological polar surface area (TPSA) is 94.7 Å². The molecule has 8 nitrogen and oxygen atoms in total. The first-order valence-corrected chi connectivity index (χ1v) is 13.1. The third kappa shape index (κ3) is 4.89. The van der Waals surface area contributed by atoms with Crippen LogP contribution in [0.3, 0.4) is 0 Å². The summed E-state index contributed by atoms with van der Waals surface area (Å²) in [5, 5.41) is 13.9. The van der Waals surface area contributed by atoms with E-state index in [0.717, 1.165) is 53.6 Å². The van der Waals surface area contributed by atoms with Crippen LogP contribution in [-0.2, 0) is 14.2 Å². The Morgan fingerprint density at radius 2 is 2.00 bits per heavy atom. The number of nitriles is 1. The summed E-state index contributed by atoms with van der Waals surface area (Å²) in [5.74, 6) is 1.23. The molecule has 37 heavy (non-hydrogen) atoms. The number of nitrogens with zero attached hydrogens (tertiary/aromatic N) is 2. The summed E-state index contributed by atoms with van der Waals surface area (Å²) in [5.41, 5.74) is 4.15. The van der Waals surface area contributed by atoms with Gasteiger partial charge in [0, 0.05) is 23.2 Å². The minimum absolute atomic E-state index is 0.0662. The summed E-state index contributed by atoms with van der Waals surface area (Å²) >= 11 is 0. The number of amides is 1. The second-order valence-electron chi connectivity index (χ2n) is 10.2. The summed E-state index contributed by atoms with van der Waals surface area (Å²) < 4.78 is 24.5. The van der Waals surface area contributed by atoms with Gasteiger partial charge >= 0.3 is 6.09 Å². The molecule has 0 bridgehead atoms. The van der Waals surface area contributed by atoms with Crippen molar-refractivity contribution in [3.8, 4) is 23.1 Å². The molecule has 8 heteroatoms. The molecular weight excluding hydrogens is 470 g/mol. The molecule has 0 radical (unpaired) electrons. The Morgan fingerprint density at radius 3 is 2.65 bits per heavy atom. The first kappa shape index (κ1) is 23.8. The molecule has 2 atom stereocenters. The zero-order valence-electron chi connectivity index (χ0n) is 20.9. The molecule has 3 fully saturated rings. The van der Waals surface area contributed by atoms with E-state index in [9.17, 15) is 10.1 Å². The lowest BCUT2D eigenvalue weighted by Gasteiger charge is -2.30. The van der Waals surface area contributed by atoms with Gasteiger partial charge in [-0.1, -0.05) is 12.1 Å². The summed E-state index contributed by atoms with van der Waals surface area (Å²) in [4.78, 5) is 12.3. The Labute approximate surface area is 216 Å². The Hall–Kier alpha value is -3.54. The van der Waals surface area contributed by atoms with Gasteiger partial charge in [0.15, 0.2) is 0 Å². The zero-order chi connectivity index (χ0) is 25.4. The molecule has 1 N–H and O–H groups in total. The van der Waals surface area contributed by atoms with Gasteiger partial charge in [0.25, 0.3) is 0 Å². The molecule has 2 saturated carbocycles. The highest BCUT2D eigenvalue weighted by atomic mass is 16.7. The predicted molar refractivity (Wildman–Crippen MR) is 138 cm³/mol. The van der Waals surface area contributed by atoms with Crippen LogP contribution in [0.15, 0.2) is 42.5 Å². The van der Waals surface area contributed by atoms with Crippen LogP contribution >= 0.6 is 0 Å². The standard InChI is InChI=1S/C29H31N3O5/c1-18(19-5-6-19)37-29(33)31-21-9-7-20(8-10-21)28-26(14-30)25-12-11-23(35-16-24-15-34-17-36-24)13-27(25)32(28)22-3-2-4-22/h7-13,18-19,22,24H,2-6,15-17H2,1H3,(H,31,33)/t18-,24?/m0/s1. The van der Waals surface area contributed by atoms with Crippen LogP contribution in [0.1, 0.15) is 50.6 Å². The predicted octanol–water partition coefficient (Wildman–Crippen LogP) is 6.00. The van der Waals surface area contributed by atoms with Gasteiger partial charge in [-0.05, 0) is 74.8 Å². The summed E-state index contributed by atoms with van der Waals surface area (Å²) in [7, 11) is 0. The molecule has 1 aromatic heterocycles. The van der Waals surface area contributed by atoms with Gasteiger partial charge < -0.3 is 23.5 Å². The Bertz CT molecular complexity index is 1330. The monoisotopic (exact) mass is 501 g/mol. The number of hydrogen-bond acceptors (Lipinski definition) is 6. The lowest BCUT2D eigenvalue weighted by atomic mass is 9.92. The van der Waals surface area contributed by atoms with Crippen molar-refractivity contribution in [2.24, 2.45) is 5.92 Å². The Balaban J connectivity index is 1.29. The number of fused-ring (bicyclic) bond motifs is 1. The van der Waals surface area contributed by atoms with Crippen molar-refractivity contribution in [1.29, 1.82) is 5.26 Å². The minimum Gasteiger partial charge on any atom is -0.491 e. The van der Waals surface area contributed by atoms with E-state index in [1.807, 2.05) is 49.4 Å². The second-order valence-corrected chi connectivity index (χ2v) is 10.2. The fourth-order valence-corrected chi connectivity index (χ4v) is 5.15. The number of anilines is 1. The van der Waals surface area contributed by atoms with Crippen molar-refractivity contribution in [2.75, 3.05) is 25.3 Å². The number of hydrogen-bond donors (Lipinski definition) is 1. The average Bonchev–Trinajstić information content (AvgIpc) is 3.51. The SMILES string of the molecule is C[C@H](OC(=O)Nc1ccc(-c2c(C#N)c3ccc(OCC4COCO4)cc3n2C2CCC2)cc1)C1CC1. The van der Waals surface area contributed by atoms with Crippen LogP contribution in [0.4, 0.5) is 10.5 Å². The van der Waals surface area contributed by atoms with Crippen LogP contribution in [0, 0.1) is 17.2 Å². The minimum atomic E-state index is -0.435. The molecule has 1 unspecified atom stereocenters. The molecule has 0 spiro atoms. The van der Waals surface area contributed by atoms with Gasteiger partial charge in [-0.25, -0.2) is 4.79 Å². The molecule has 2 aromatic carbocycles. The third-order valence-corrected chi connectivity index (χ3v) is 7.64. The second kappa shape index (κ2) is 10.1. The fourth-order valence-electron chi connectivity index (χ4n) is 5.15. The number of carbonyl (C=O) groups is 1. The number of benzene rings is 2. The average molecular weight is 502 g/mol. The maximum Gasteiger partial charge on any atom is 0.411 e. The lowest BCUT2D eigenvalue weighted by Crippen LogP contribution is -2.21. The number of nitrogens with one attached hydrogen (secondary N) is 1. The zero-order valence-corrected chi connectivity index (χ0v) is 20.9. The number of aromatic nitrogens is 1. The van der Waals surface area contributed by atoms with Gasteiger partial charge in [-0.3, -0.25) is 5.32 Å². The molecule has 192 valence electrons. The fraction of sp³-hybridized carbons (Fsp3) is 0.448. The van der Waals surface area contributed by atoms with Gasteiger partial charge in [-0.15, -0.1) is 0 Å². The molecule has 3 aromatic rings. The highest BCUT2D eigenvalue weighted by Gasteiger charge is 2.31. The molecule has 1 amide bonds. The van der Waals surface area contributed by atoms with Gasteiger partial charge in [0.1, 0.15) is 37.4 Å². The summed E-state index contributed by atoms with van der Waals surface area (Å²) in [6.45, 7) is 3.20. The largest absolute Gasteiger partial charge is 0.491 e. The van der Waals surface area contributed by atoms with Crippen LogP contribution in [0.25, 0.3) is 22.2 Å². The van der Waals surface area contributed by atoms with Crippen molar-refractivity contribution < 1.29 is 23.7 Å². The first-order chi connectivity index (χ1) is 18.1. The Kier molecular flexibility index (Phi) is 6.49. The van der Waals surface area contributed by atoms with Crippen LogP contribution in [0.2, 0.25) is 0 Å². The van der Waals surface area contributed by atoms with Crippen LogP contribution < -0.4 is 10.1 Å². The molecule has 2 aliphatic carbocycles. The summed E-state index contributed by atoms with van der Waals surface area (Å²) in [6, 6.07) is 16.3. The number of ether oxygens (including phenoxy) is 4. The van der Waals surface area contributed by atoms with Gasteiger partial charge in [0.05, 0.1) is 23.4 Å². The first-order valence-electron chi connectivity index (χ1n) is 13.1. The molecule has 2 heterocycles. The molecular formula is C29H31N3O5. The van der Waals surface area contributed by atoms with E-state index in [1.54, 1.807) is 0 Å². The highest BCUT2D eigenvalue weighted by molar-refractivity contribution is 5.96. The van der Waals surface area contributed by atoms with Crippen molar-refractivity contribution in [3.63, 3.8) is 0 Å². The normalized spacial score (nSPS) is 20.3. The Morgan fingerprint density at radius 1 is 1.19 bits per heavy atom. The van der Waals surface area contributed by atoms with E-state index in [0.29, 0.717) is 43.2 Å². The quantitative estimate of drug-likeness (QED) is 0.407. The summed E-state index contributed by atoms with van der Waals surface area (Å²) in [6.07, 6.45) is 4.99. The van der Waals surface area contributed by atoms with Crippen LogP contribution in [0.5, 0.6) is 5.75 Å². The number of rotatable bonds is 8. The number of carbonyl (C=O) groups excluding carboxylic acids is 1. The highest BCUT2D eigenvalue weighted by Crippen LogP contribution is 2.43. The van der Waals surface area contributed by atoms with Crippen LogP contribution in [-0.4, -0.2) is 42.9 Å². The van der Waals surface area contributed by atoms with E-state index >= 15 is 0 Å². The lowest BCUT2D eigenvalue weighted by molar-refractivity contribution is 0.0320. The maximum absolute atomic E-state index is 12.3. The van der Waals surface area contributed by atoms with E-state index in [4.69, 9.17) is 18.9 Å². The van der Waals surface area contributed by atoms with E-state index in [-0.39, 0.29) is 12.2 Å². The van der Waals surface area contributed by atoms with Crippen molar-refractivity contribution in [2.45, 2.75) is 57.3 Å². The molecule has 6 rings (SSSR count). The van der Waals surface area contributed by atoms with Gasteiger partial charge in [0.2, 0.25) is 0 Å². The van der Waals surface area contributed by atoms with Gasteiger partial charge in [-0.2, -0.15) is 5.26 Å². The third-order valence-electron chi connectivity index (χ3n) is 7.64. The van der Waals surface area contributed by atoms with Crippen molar-refractivity contribution in [3.05, 3.63) is 48.0 Å². The van der Waals surface area contributed by atoms with Crippen molar-refractivity contribution in [1.82, 2.24) is 4.57 Å². The maximum atomic E-state index is 12.3. The van der Waals surface area contributed by atoms with E-state index in [2.05, 4.69) is 16.0 Å². The molecule has 1 saturated heterocycles.